The number of carbonyl (C=O) groups excluding carboxylic acids is 1. The number of nitrogens with zero attached hydrogens (tertiary/aromatic N) is 3. The highest BCUT2D eigenvalue weighted by Crippen LogP contribution is 2.50. The summed E-state index contributed by atoms with van der Waals surface area (Å²) in [5, 5.41) is 1.73. The molecule has 166 valence electrons. The molecule has 0 N–H and O–H groups in total. The third-order valence-electron chi connectivity index (χ3n) is 5.50. The second-order valence-corrected chi connectivity index (χ2v) is 10.5. The van der Waals surface area contributed by atoms with Gasteiger partial charge in [-0.2, -0.15) is 0 Å². The Morgan fingerprint density at radius 1 is 0.879 bits per heavy atom. The third-order valence-corrected chi connectivity index (χ3v) is 8.41. The number of rotatable bonds is 5. The van der Waals surface area contributed by atoms with Crippen LogP contribution in [0.2, 0.25) is 0 Å². The molecule has 1 saturated heterocycles. The van der Waals surface area contributed by atoms with Crippen LogP contribution >= 0.6 is 39.5 Å². The normalized spacial score (nSPS) is 19.0. The molecule has 4 nitrogen and oxygen atoms in total. The zero-order chi connectivity index (χ0) is 22.8. The summed E-state index contributed by atoms with van der Waals surface area (Å²) >= 11 is 6.63. The molecule has 2 aliphatic rings. The summed E-state index contributed by atoms with van der Waals surface area (Å²) in [4.78, 5) is 24.6. The molecule has 33 heavy (non-hydrogen) atoms. The summed E-state index contributed by atoms with van der Waals surface area (Å²) in [6, 6.07) is 26.5. The zero-order valence-corrected chi connectivity index (χ0v) is 21.3. The molecule has 0 radical (unpaired) electrons. The molecular weight excluding hydrogens is 514 g/mol. The van der Waals surface area contributed by atoms with Crippen molar-refractivity contribution in [2.45, 2.75) is 18.2 Å². The van der Waals surface area contributed by atoms with Crippen LogP contribution in [0.5, 0.6) is 0 Å². The lowest BCUT2D eigenvalue weighted by molar-refractivity contribution is -0.122. The highest BCUT2D eigenvalue weighted by atomic mass is 79.9. The van der Waals surface area contributed by atoms with Crippen LogP contribution in [0.4, 0.5) is 11.4 Å². The van der Waals surface area contributed by atoms with Gasteiger partial charge >= 0.3 is 0 Å². The van der Waals surface area contributed by atoms with Gasteiger partial charge in [0.25, 0.3) is 5.91 Å². The van der Waals surface area contributed by atoms with Crippen molar-refractivity contribution in [3.05, 3.63) is 98.8 Å². The Morgan fingerprint density at radius 2 is 1.61 bits per heavy atom. The lowest BCUT2D eigenvalue weighted by Crippen LogP contribution is -2.32. The van der Waals surface area contributed by atoms with Gasteiger partial charge in [0, 0.05) is 22.5 Å². The Hall–Kier alpha value is -2.48. The van der Waals surface area contributed by atoms with E-state index in [0.717, 1.165) is 43.9 Å². The van der Waals surface area contributed by atoms with E-state index in [2.05, 4.69) is 52.0 Å². The Labute approximate surface area is 210 Å². The van der Waals surface area contributed by atoms with Crippen LogP contribution in [0.3, 0.4) is 0 Å². The Kier molecular flexibility index (Phi) is 6.62. The van der Waals surface area contributed by atoms with E-state index in [9.17, 15) is 4.79 Å². The predicted octanol–water partition coefficient (Wildman–Crippen LogP) is 7.06. The van der Waals surface area contributed by atoms with Crippen molar-refractivity contribution >= 4 is 61.9 Å². The molecule has 2 heterocycles. The van der Waals surface area contributed by atoms with E-state index in [0.29, 0.717) is 6.54 Å². The largest absolute Gasteiger partial charge is 0.334 e. The van der Waals surface area contributed by atoms with E-state index in [1.807, 2.05) is 59.5 Å². The van der Waals surface area contributed by atoms with Crippen molar-refractivity contribution < 1.29 is 4.79 Å². The molecule has 0 spiro atoms. The van der Waals surface area contributed by atoms with Crippen LogP contribution in [0.15, 0.2) is 103 Å². The first kappa shape index (κ1) is 22.3. The molecule has 0 aliphatic carbocycles. The number of amidine groups is 1. The van der Waals surface area contributed by atoms with Gasteiger partial charge in [0.05, 0.1) is 11.4 Å². The maximum atomic E-state index is 13.7. The van der Waals surface area contributed by atoms with Crippen LogP contribution < -0.4 is 4.90 Å². The zero-order valence-electron chi connectivity index (χ0n) is 18.1. The molecule has 0 atom stereocenters. The SMILES string of the molecule is CCN1C(=C2SC(=Nc3ccc(Br)cc3)N(CCc3ccccc3)C2=O)Sc2ccccc21. The predicted molar refractivity (Wildman–Crippen MR) is 143 cm³/mol. The van der Waals surface area contributed by atoms with Gasteiger partial charge < -0.3 is 4.90 Å². The quantitative estimate of drug-likeness (QED) is 0.327. The first-order valence-electron chi connectivity index (χ1n) is 10.8. The van der Waals surface area contributed by atoms with E-state index in [4.69, 9.17) is 4.99 Å². The minimum atomic E-state index is 0.0283. The van der Waals surface area contributed by atoms with Crippen molar-refractivity contribution in [1.29, 1.82) is 0 Å². The van der Waals surface area contributed by atoms with Gasteiger partial charge in [0.1, 0.15) is 9.93 Å². The number of halogens is 1. The lowest BCUT2D eigenvalue weighted by Gasteiger charge is -2.19. The van der Waals surface area contributed by atoms with Crippen molar-refractivity contribution in [1.82, 2.24) is 4.90 Å². The molecule has 0 saturated carbocycles. The maximum absolute atomic E-state index is 13.7. The minimum absolute atomic E-state index is 0.0283. The average molecular weight is 537 g/mol. The van der Waals surface area contributed by atoms with Gasteiger partial charge in [0.2, 0.25) is 0 Å². The smallest absolute Gasteiger partial charge is 0.269 e. The van der Waals surface area contributed by atoms with Crippen LogP contribution in [0.1, 0.15) is 12.5 Å². The standard InChI is InChI=1S/C26H22BrN3OS2/c1-2-29-21-10-6-7-11-22(21)32-25(29)23-24(31)30(17-16-18-8-4-3-5-9-18)26(33-23)28-20-14-12-19(27)13-15-20/h3-15H,2,16-17H2,1H3. The number of carbonyl (C=O) groups is 1. The molecule has 5 rings (SSSR count). The topological polar surface area (TPSA) is 35.9 Å². The van der Waals surface area contributed by atoms with Gasteiger partial charge in [-0.15, -0.1) is 0 Å². The van der Waals surface area contributed by atoms with Crippen molar-refractivity contribution in [3.8, 4) is 0 Å². The summed E-state index contributed by atoms with van der Waals surface area (Å²) in [5.74, 6) is 0.0283. The molecule has 3 aromatic rings. The molecule has 0 unspecified atom stereocenters. The van der Waals surface area contributed by atoms with Crippen LogP contribution in [-0.4, -0.2) is 29.1 Å². The fourth-order valence-corrected chi connectivity index (χ4v) is 6.53. The molecule has 0 bridgehead atoms. The lowest BCUT2D eigenvalue weighted by atomic mass is 10.1. The molecule has 1 amide bonds. The number of thioether (sulfide) groups is 2. The summed E-state index contributed by atoms with van der Waals surface area (Å²) in [6.45, 7) is 3.52. The monoisotopic (exact) mass is 535 g/mol. The van der Waals surface area contributed by atoms with E-state index < -0.39 is 0 Å². The van der Waals surface area contributed by atoms with Crippen LogP contribution in [0, 0.1) is 0 Å². The fourth-order valence-electron chi connectivity index (χ4n) is 3.84. The van der Waals surface area contributed by atoms with Crippen molar-refractivity contribution in [2.75, 3.05) is 18.0 Å². The Bertz CT molecular complexity index is 1240. The summed E-state index contributed by atoms with van der Waals surface area (Å²) in [6.07, 6.45) is 0.778. The average Bonchev–Trinajstić information content (AvgIpc) is 3.36. The van der Waals surface area contributed by atoms with Gasteiger partial charge in [0.15, 0.2) is 5.17 Å². The Balaban J connectivity index is 1.51. The number of amides is 1. The maximum Gasteiger partial charge on any atom is 0.269 e. The van der Waals surface area contributed by atoms with Gasteiger partial charge in [-0.3, -0.25) is 9.69 Å². The first-order chi connectivity index (χ1) is 16.1. The number of aliphatic imine (C=N–C) groups is 1. The molecular formula is C26H22BrN3OS2. The molecule has 3 aromatic carbocycles. The van der Waals surface area contributed by atoms with E-state index in [1.54, 1.807) is 11.8 Å². The van der Waals surface area contributed by atoms with Gasteiger partial charge in [-0.25, -0.2) is 4.99 Å². The van der Waals surface area contributed by atoms with E-state index >= 15 is 0 Å². The van der Waals surface area contributed by atoms with Crippen LogP contribution in [0.25, 0.3) is 0 Å². The van der Waals surface area contributed by atoms with Gasteiger partial charge in [-0.05, 0) is 67.1 Å². The summed E-state index contributed by atoms with van der Waals surface area (Å²) in [7, 11) is 0. The van der Waals surface area contributed by atoms with Crippen molar-refractivity contribution in [3.63, 3.8) is 0 Å². The molecule has 0 aromatic heterocycles. The van der Waals surface area contributed by atoms with E-state index in [1.165, 1.54) is 22.2 Å². The number of anilines is 1. The minimum Gasteiger partial charge on any atom is -0.334 e. The third kappa shape index (κ3) is 4.63. The van der Waals surface area contributed by atoms with Crippen molar-refractivity contribution in [2.24, 2.45) is 4.99 Å². The summed E-state index contributed by atoms with van der Waals surface area (Å²) < 4.78 is 1.00. The number of hydrogen-bond acceptors (Lipinski definition) is 5. The Morgan fingerprint density at radius 3 is 2.36 bits per heavy atom. The highest BCUT2D eigenvalue weighted by Gasteiger charge is 2.39. The fraction of sp³-hybridized carbons (Fsp3) is 0.154. The number of fused-ring (bicyclic) bond motifs is 1. The molecule has 2 aliphatic heterocycles. The number of hydrogen-bond donors (Lipinski definition) is 0. The van der Waals surface area contributed by atoms with Gasteiger partial charge in [-0.1, -0.05) is 70.2 Å². The molecule has 1 fully saturated rings. The van der Waals surface area contributed by atoms with E-state index in [-0.39, 0.29) is 5.91 Å². The second-order valence-electron chi connectivity index (χ2n) is 7.61. The number of benzene rings is 3. The molecule has 7 heteroatoms. The number of para-hydroxylation sites is 1. The summed E-state index contributed by atoms with van der Waals surface area (Å²) in [5.41, 5.74) is 3.20. The highest BCUT2D eigenvalue weighted by molar-refractivity contribution is 9.10. The van der Waals surface area contributed by atoms with Crippen LogP contribution in [-0.2, 0) is 11.2 Å². The first-order valence-corrected chi connectivity index (χ1v) is 13.2. The second kappa shape index (κ2) is 9.79.